The number of rotatable bonds is 4. The van der Waals surface area contributed by atoms with E-state index in [-0.39, 0.29) is 5.91 Å². The number of carbonyl (C=O) groups excluding carboxylic acids is 2. The van der Waals surface area contributed by atoms with Crippen LogP contribution in [0.4, 0.5) is 14.9 Å². The van der Waals surface area contributed by atoms with E-state index in [1.165, 1.54) is 18.4 Å². The number of aromatic nitrogens is 1. The molecule has 0 aliphatic carbocycles. The molecule has 3 aromatic rings. The van der Waals surface area contributed by atoms with E-state index in [4.69, 9.17) is 0 Å². The van der Waals surface area contributed by atoms with Gasteiger partial charge >= 0.3 is 6.09 Å². The van der Waals surface area contributed by atoms with Crippen LogP contribution >= 0.6 is 11.3 Å². The molecule has 0 unspecified atom stereocenters. The predicted molar refractivity (Wildman–Crippen MR) is 107 cm³/mol. The van der Waals surface area contributed by atoms with Gasteiger partial charge in [0.05, 0.1) is 7.11 Å². The Labute approximate surface area is 161 Å². The van der Waals surface area contributed by atoms with E-state index in [2.05, 4.69) is 20.4 Å². The molecule has 0 radical (unpaired) electrons. The smallest absolute Gasteiger partial charge is 0.413 e. The predicted octanol–water partition coefficient (Wildman–Crippen LogP) is 4.86. The molecular weight excluding hydrogens is 362 g/mol. The molecule has 0 bridgehead atoms. The van der Waals surface area contributed by atoms with E-state index in [0.717, 1.165) is 16.7 Å². The number of carbonyl (C=O) groups is 2. The number of amides is 2. The summed E-state index contributed by atoms with van der Waals surface area (Å²) in [7, 11) is 1.28. The molecule has 0 aliphatic heterocycles. The number of benzene rings is 2. The topological polar surface area (TPSA) is 80.3 Å². The first-order valence-corrected chi connectivity index (χ1v) is 9.09. The SMILES string of the molecule is COC(=O)Nc1nc(-c2ccccc2)c(NC(=O)c2ccc(C)c(C)c2)s1. The summed E-state index contributed by atoms with van der Waals surface area (Å²) in [6, 6.07) is 15.0. The fourth-order valence-electron chi connectivity index (χ4n) is 2.45. The van der Waals surface area contributed by atoms with E-state index < -0.39 is 6.09 Å². The molecule has 0 spiro atoms. The van der Waals surface area contributed by atoms with Crippen molar-refractivity contribution in [1.29, 1.82) is 0 Å². The van der Waals surface area contributed by atoms with Crippen molar-refractivity contribution < 1.29 is 14.3 Å². The maximum Gasteiger partial charge on any atom is 0.413 e. The van der Waals surface area contributed by atoms with Crippen LogP contribution in [0.3, 0.4) is 0 Å². The average Bonchev–Trinajstić information content (AvgIpc) is 3.06. The quantitative estimate of drug-likeness (QED) is 0.676. The van der Waals surface area contributed by atoms with Crippen LogP contribution in [0.25, 0.3) is 11.3 Å². The fraction of sp³-hybridized carbons (Fsp3) is 0.150. The first kappa shape index (κ1) is 18.6. The third-order valence-corrected chi connectivity index (χ3v) is 4.95. The minimum atomic E-state index is -0.615. The van der Waals surface area contributed by atoms with Gasteiger partial charge in [0.2, 0.25) is 0 Å². The van der Waals surface area contributed by atoms with Gasteiger partial charge in [-0.05, 0) is 37.1 Å². The Balaban J connectivity index is 1.93. The molecule has 1 aromatic heterocycles. The summed E-state index contributed by atoms with van der Waals surface area (Å²) in [6.45, 7) is 3.96. The Morgan fingerprint density at radius 3 is 2.41 bits per heavy atom. The molecule has 3 rings (SSSR count). The average molecular weight is 381 g/mol. The normalized spacial score (nSPS) is 10.3. The van der Waals surface area contributed by atoms with Gasteiger partial charge in [0.15, 0.2) is 5.13 Å². The lowest BCUT2D eigenvalue weighted by Gasteiger charge is -2.07. The maximum atomic E-state index is 12.7. The summed E-state index contributed by atoms with van der Waals surface area (Å²) in [5.74, 6) is -0.233. The van der Waals surface area contributed by atoms with Crippen LogP contribution in [0.2, 0.25) is 0 Å². The number of ether oxygens (including phenoxy) is 1. The molecular formula is C20H19N3O3S. The maximum absolute atomic E-state index is 12.7. The first-order chi connectivity index (χ1) is 13.0. The molecule has 27 heavy (non-hydrogen) atoms. The van der Waals surface area contributed by atoms with Crippen molar-refractivity contribution in [2.45, 2.75) is 13.8 Å². The summed E-state index contributed by atoms with van der Waals surface area (Å²) in [5.41, 5.74) is 4.15. The van der Waals surface area contributed by atoms with Gasteiger partial charge in [-0.25, -0.2) is 9.78 Å². The number of hydrogen-bond donors (Lipinski definition) is 2. The van der Waals surface area contributed by atoms with E-state index in [9.17, 15) is 9.59 Å². The molecule has 2 N–H and O–H groups in total. The van der Waals surface area contributed by atoms with E-state index >= 15 is 0 Å². The summed E-state index contributed by atoms with van der Waals surface area (Å²) in [5, 5.41) is 6.35. The van der Waals surface area contributed by atoms with E-state index in [1.54, 1.807) is 6.07 Å². The number of nitrogens with zero attached hydrogens (tertiary/aromatic N) is 1. The highest BCUT2D eigenvalue weighted by molar-refractivity contribution is 7.20. The van der Waals surface area contributed by atoms with Crippen molar-refractivity contribution in [2.24, 2.45) is 0 Å². The molecule has 0 saturated carbocycles. The highest BCUT2D eigenvalue weighted by Crippen LogP contribution is 2.36. The van der Waals surface area contributed by atoms with Crippen LogP contribution in [-0.4, -0.2) is 24.1 Å². The highest BCUT2D eigenvalue weighted by Gasteiger charge is 2.18. The van der Waals surface area contributed by atoms with Crippen molar-refractivity contribution in [1.82, 2.24) is 4.98 Å². The highest BCUT2D eigenvalue weighted by atomic mass is 32.1. The largest absolute Gasteiger partial charge is 0.453 e. The number of nitrogens with one attached hydrogen (secondary N) is 2. The molecule has 0 saturated heterocycles. The second-order valence-corrected chi connectivity index (χ2v) is 6.93. The number of thiazole rings is 1. The molecule has 0 atom stereocenters. The van der Waals surface area contributed by atoms with Crippen molar-refractivity contribution in [3.63, 3.8) is 0 Å². The van der Waals surface area contributed by atoms with Gasteiger partial charge < -0.3 is 10.1 Å². The van der Waals surface area contributed by atoms with Crippen LogP contribution in [0.15, 0.2) is 48.5 Å². The van der Waals surface area contributed by atoms with Crippen molar-refractivity contribution >= 4 is 33.5 Å². The summed E-state index contributed by atoms with van der Waals surface area (Å²) >= 11 is 1.17. The number of hydrogen-bond acceptors (Lipinski definition) is 5. The van der Waals surface area contributed by atoms with Crippen LogP contribution in [0, 0.1) is 13.8 Å². The van der Waals surface area contributed by atoms with Gasteiger partial charge in [-0.3, -0.25) is 10.1 Å². The van der Waals surface area contributed by atoms with Gasteiger partial charge in [0.25, 0.3) is 5.91 Å². The second kappa shape index (κ2) is 8.01. The van der Waals surface area contributed by atoms with Gasteiger partial charge in [0.1, 0.15) is 10.7 Å². The monoisotopic (exact) mass is 381 g/mol. The Kier molecular flexibility index (Phi) is 5.52. The number of methoxy groups -OCH3 is 1. The van der Waals surface area contributed by atoms with E-state index in [0.29, 0.717) is 21.4 Å². The molecule has 138 valence electrons. The first-order valence-electron chi connectivity index (χ1n) is 8.27. The summed E-state index contributed by atoms with van der Waals surface area (Å²) in [6.07, 6.45) is -0.615. The Morgan fingerprint density at radius 1 is 1.00 bits per heavy atom. The van der Waals surface area contributed by atoms with E-state index in [1.807, 2.05) is 56.3 Å². The van der Waals surface area contributed by atoms with Crippen molar-refractivity contribution in [3.8, 4) is 11.3 Å². The Bertz CT molecular complexity index is 983. The van der Waals surface area contributed by atoms with Gasteiger partial charge in [-0.2, -0.15) is 0 Å². The third-order valence-electron chi connectivity index (χ3n) is 4.06. The molecule has 1 heterocycles. The zero-order valence-electron chi connectivity index (χ0n) is 15.2. The van der Waals surface area contributed by atoms with Crippen LogP contribution in [0.5, 0.6) is 0 Å². The molecule has 6 nitrogen and oxygen atoms in total. The molecule has 2 aromatic carbocycles. The Morgan fingerprint density at radius 2 is 1.74 bits per heavy atom. The third kappa shape index (κ3) is 4.32. The van der Waals surface area contributed by atoms with Crippen LogP contribution < -0.4 is 10.6 Å². The zero-order valence-corrected chi connectivity index (χ0v) is 16.0. The van der Waals surface area contributed by atoms with Crippen molar-refractivity contribution in [3.05, 3.63) is 65.2 Å². The zero-order chi connectivity index (χ0) is 19.4. The Hall–Kier alpha value is -3.19. The standard InChI is InChI=1S/C20H19N3O3S/c1-12-9-10-15(11-13(12)2)17(24)22-18-16(14-7-5-4-6-8-14)21-19(27-18)23-20(25)26-3/h4-11H,1-3H3,(H,22,24)(H,21,23,25). The van der Waals surface area contributed by atoms with Gasteiger partial charge in [-0.15, -0.1) is 0 Å². The van der Waals surface area contributed by atoms with Crippen LogP contribution in [-0.2, 0) is 4.74 Å². The number of anilines is 2. The van der Waals surface area contributed by atoms with Crippen LogP contribution in [0.1, 0.15) is 21.5 Å². The lowest BCUT2D eigenvalue weighted by atomic mass is 10.1. The summed E-state index contributed by atoms with van der Waals surface area (Å²) in [4.78, 5) is 28.6. The molecule has 2 amide bonds. The lowest BCUT2D eigenvalue weighted by molar-refractivity contribution is 0.102. The molecule has 0 aliphatic rings. The van der Waals surface area contributed by atoms with Gasteiger partial charge in [-0.1, -0.05) is 47.7 Å². The fourth-order valence-corrected chi connectivity index (χ4v) is 3.31. The molecule has 7 heteroatoms. The number of aryl methyl sites for hydroxylation is 2. The minimum Gasteiger partial charge on any atom is -0.453 e. The van der Waals surface area contributed by atoms with Crippen molar-refractivity contribution in [2.75, 3.05) is 17.7 Å². The second-order valence-electron chi connectivity index (χ2n) is 5.93. The van der Waals surface area contributed by atoms with Gasteiger partial charge in [0, 0.05) is 11.1 Å². The minimum absolute atomic E-state index is 0.233. The summed E-state index contributed by atoms with van der Waals surface area (Å²) < 4.78 is 4.61. The lowest BCUT2D eigenvalue weighted by Crippen LogP contribution is -2.12. The molecule has 0 fully saturated rings.